The van der Waals surface area contributed by atoms with Crippen molar-refractivity contribution in [3.05, 3.63) is 66.6 Å². The van der Waals surface area contributed by atoms with Crippen LogP contribution < -0.4 is 14.8 Å². The zero-order chi connectivity index (χ0) is 34.4. The molecule has 13 nitrogen and oxygen atoms in total. The van der Waals surface area contributed by atoms with Crippen LogP contribution >= 0.6 is 0 Å². The maximum Gasteiger partial charge on any atom is 0.326 e. The number of carbonyl (C=O) groups excluding carboxylic acids is 2. The van der Waals surface area contributed by atoms with Crippen molar-refractivity contribution in [2.75, 3.05) is 11.9 Å². The van der Waals surface area contributed by atoms with Gasteiger partial charge in [-0.05, 0) is 63.6 Å². The minimum Gasteiger partial charge on any atom is -0.488 e. The first kappa shape index (κ1) is 35.4. The largest absolute Gasteiger partial charge is 0.488 e. The van der Waals surface area contributed by atoms with E-state index in [9.17, 15) is 32.5 Å². The predicted molar refractivity (Wildman–Crippen MR) is 173 cm³/mol. The Morgan fingerprint density at radius 1 is 1.04 bits per heavy atom. The zero-order valence-electron chi connectivity index (χ0n) is 27.0. The monoisotopic (exact) mass is 670 g/mol. The number of carboxylic acids is 1. The van der Waals surface area contributed by atoms with Gasteiger partial charge in [0.05, 0.1) is 18.4 Å². The van der Waals surface area contributed by atoms with E-state index in [1.165, 1.54) is 40.2 Å². The normalized spacial score (nSPS) is 17.3. The molecular weight excluding hydrogens is 628 g/mol. The van der Waals surface area contributed by atoms with Crippen molar-refractivity contribution >= 4 is 33.7 Å². The Balaban J connectivity index is 1.52. The molecule has 0 radical (unpaired) electrons. The van der Waals surface area contributed by atoms with E-state index in [2.05, 4.69) is 17.2 Å². The van der Waals surface area contributed by atoms with Gasteiger partial charge in [-0.15, -0.1) is 0 Å². The third kappa shape index (κ3) is 9.55. The second-order valence-electron chi connectivity index (χ2n) is 12.5. The van der Waals surface area contributed by atoms with E-state index in [1.807, 2.05) is 20.8 Å². The molecule has 3 atom stereocenters. The van der Waals surface area contributed by atoms with Gasteiger partial charge in [0, 0.05) is 12.6 Å². The minimum absolute atomic E-state index is 0.0443. The highest BCUT2D eigenvalue weighted by atomic mass is 32.2. The van der Waals surface area contributed by atoms with Gasteiger partial charge in [-0.25, -0.2) is 9.78 Å². The first-order valence-corrected chi connectivity index (χ1v) is 17.0. The molecule has 1 saturated heterocycles. The Labute approximate surface area is 274 Å². The Bertz CT molecular complexity index is 1670. The smallest absolute Gasteiger partial charge is 0.326 e. The molecule has 0 spiro atoms. The molecule has 2 heterocycles. The average Bonchev–Trinajstić information content (AvgIpc) is 3.64. The number of aromatic nitrogens is 2. The summed E-state index contributed by atoms with van der Waals surface area (Å²) < 4.78 is 46.6. The molecule has 2 amide bonds. The lowest BCUT2D eigenvalue weighted by atomic mass is 10.1. The van der Waals surface area contributed by atoms with Crippen LogP contribution in [0.5, 0.6) is 11.5 Å². The molecular formula is C33H42N4O9S. The van der Waals surface area contributed by atoms with Crippen molar-refractivity contribution in [1.82, 2.24) is 14.5 Å². The molecule has 14 heteroatoms. The van der Waals surface area contributed by atoms with Crippen LogP contribution in [0.1, 0.15) is 82.6 Å². The SMILES string of the molecule is CCCCCCC(C(=O)N1CC(Oc2ccc(OC(C)(C)C)cc2)C[C@H]1C(=O)O)n1cnc(NC(=O)c2ccccc2S(=O)(=O)O)c1. The summed E-state index contributed by atoms with van der Waals surface area (Å²) >= 11 is 0. The van der Waals surface area contributed by atoms with Crippen LogP contribution in [0.25, 0.3) is 0 Å². The highest BCUT2D eigenvalue weighted by Gasteiger charge is 2.43. The molecule has 1 aliphatic rings. The van der Waals surface area contributed by atoms with E-state index in [-0.39, 0.29) is 29.9 Å². The maximum atomic E-state index is 14.1. The van der Waals surface area contributed by atoms with Gasteiger partial charge in [0.2, 0.25) is 5.91 Å². The number of carbonyl (C=O) groups is 3. The van der Waals surface area contributed by atoms with Crippen LogP contribution in [-0.4, -0.2) is 74.6 Å². The van der Waals surface area contributed by atoms with Crippen LogP contribution in [0.15, 0.2) is 66.0 Å². The lowest BCUT2D eigenvalue weighted by molar-refractivity contribution is -0.149. The number of rotatable bonds is 14. The van der Waals surface area contributed by atoms with Gasteiger partial charge < -0.3 is 29.4 Å². The third-order valence-corrected chi connectivity index (χ3v) is 8.52. The highest BCUT2D eigenvalue weighted by Crippen LogP contribution is 2.30. The van der Waals surface area contributed by atoms with Crippen LogP contribution in [0.3, 0.4) is 0 Å². The van der Waals surface area contributed by atoms with Gasteiger partial charge >= 0.3 is 5.97 Å². The van der Waals surface area contributed by atoms with Crippen molar-refractivity contribution in [1.29, 1.82) is 0 Å². The fraction of sp³-hybridized carbons (Fsp3) is 0.455. The highest BCUT2D eigenvalue weighted by molar-refractivity contribution is 7.86. The standard InChI is InChI=1S/C33H42N4O9S/c1-5-6-7-8-12-26(36-20-29(34-21-36)35-30(38)25-11-9-10-13-28(25)47(42,43)44)31(39)37-19-24(18-27(37)32(40)41)45-22-14-16-23(17-15-22)46-33(2,3)4/h9-11,13-17,20-21,24,26-27H,5-8,12,18-19H2,1-4H3,(H,35,38)(H,40,41)(H,42,43,44)/t24?,26?,27-/m0/s1. The number of hydrogen-bond acceptors (Lipinski definition) is 8. The van der Waals surface area contributed by atoms with Gasteiger partial charge in [-0.1, -0.05) is 44.7 Å². The molecule has 3 aromatic rings. The molecule has 3 N–H and O–H groups in total. The lowest BCUT2D eigenvalue weighted by Crippen LogP contribution is -2.44. The first-order chi connectivity index (χ1) is 22.2. The molecule has 2 unspecified atom stereocenters. The quantitative estimate of drug-likeness (QED) is 0.153. The van der Waals surface area contributed by atoms with E-state index < -0.39 is 51.0 Å². The number of amides is 2. The molecule has 2 aromatic carbocycles. The van der Waals surface area contributed by atoms with Gasteiger partial charge in [0.25, 0.3) is 16.0 Å². The molecule has 1 fully saturated rings. The lowest BCUT2D eigenvalue weighted by Gasteiger charge is -2.27. The summed E-state index contributed by atoms with van der Waals surface area (Å²) in [4.78, 5) is 44.3. The second kappa shape index (κ2) is 15.0. The van der Waals surface area contributed by atoms with Crippen molar-refractivity contribution in [2.24, 2.45) is 0 Å². The van der Waals surface area contributed by atoms with Gasteiger partial charge in [0.15, 0.2) is 5.82 Å². The third-order valence-electron chi connectivity index (χ3n) is 7.61. The van der Waals surface area contributed by atoms with Gasteiger partial charge in [-0.2, -0.15) is 8.42 Å². The summed E-state index contributed by atoms with van der Waals surface area (Å²) in [5.41, 5.74) is -0.646. The molecule has 254 valence electrons. The number of aliphatic carboxylic acids is 1. The number of likely N-dealkylation sites (tertiary alicyclic amines) is 1. The Hall–Kier alpha value is -4.43. The van der Waals surface area contributed by atoms with E-state index in [4.69, 9.17) is 9.47 Å². The van der Waals surface area contributed by atoms with E-state index >= 15 is 0 Å². The van der Waals surface area contributed by atoms with Crippen molar-refractivity contribution in [3.63, 3.8) is 0 Å². The Morgan fingerprint density at radius 2 is 1.72 bits per heavy atom. The summed E-state index contributed by atoms with van der Waals surface area (Å²) in [6, 6.07) is 10.3. The molecule has 0 saturated carbocycles. The van der Waals surface area contributed by atoms with Crippen molar-refractivity contribution in [3.8, 4) is 11.5 Å². The van der Waals surface area contributed by atoms with E-state index in [1.54, 1.807) is 24.3 Å². The fourth-order valence-electron chi connectivity index (χ4n) is 5.48. The number of unbranched alkanes of at least 4 members (excludes halogenated alkanes) is 3. The predicted octanol–water partition coefficient (Wildman–Crippen LogP) is 5.20. The number of hydrogen-bond donors (Lipinski definition) is 3. The molecule has 0 bridgehead atoms. The summed E-state index contributed by atoms with van der Waals surface area (Å²) in [7, 11) is -4.66. The Morgan fingerprint density at radius 3 is 2.36 bits per heavy atom. The minimum atomic E-state index is -4.66. The number of imidazole rings is 1. The summed E-state index contributed by atoms with van der Waals surface area (Å²) in [6.45, 7) is 7.96. The fourth-order valence-corrected chi connectivity index (χ4v) is 6.17. The topological polar surface area (TPSA) is 177 Å². The van der Waals surface area contributed by atoms with Crippen LogP contribution in [-0.2, 0) is 19.7 Å². The van der Waals surface area contributed by atoms with Crippen molar-refractivity contribution in [2.45, 2.75) is 94.9 Å². The summed E-state index contributed by atoms with van der Waals surface area (Å²) in [5, 5.41) is 12.6. The van der Waals surface area contributed by atoms with Crippen LogP contribution in [0, 0.1) is 0 Å². The van der Waals surface area contributed by atoms with E-state index in [0.29, 0.717) is 24.3 Å². The van der Waals surface area contributed by atoms with Gasteiger partial charge in [0.1, 0.15) is 40.2 Å². The zero-order valence-corrected chi connectivity index (χ0v) is 27.8. The number of ether oxygens (including phenoxy) is 2. The van der Waals surface area contributed by atoms with Crippen molar-refractivity contribution < 1.29 is 41.9 Å². The first-order valence-electron chi connectivity index (χ1n) is 15.6. The summed E-state index contributed by atoms with van der Waals surface area (Å²) in [5.74, 6) is -1.14. The second-order valence-corrected chi connectivity index (χ2v) is 13.9. The molecule has 47 heavy (non-hydrogen) atoms. The molecule has 1 aliphatic heterocycles. The molecule has 1 aromatic heterocycles. The summed E-state index contributed by atoms with van der Waals surface area (Å²) in [6.07, 6.45) is 6.27. The number of carboxylic acid groups (broad SMARTS) is 1. The molecule has 0 aliphatic carbocycles. The van der Waals surface area contributed by atoms with Crippen LogP contribution in [0.4, 0.5) is 5.82 Å². The number of nitrogens with zero attached hydrogens (tertiary/aromatic N) is 3. The van der Waals surface area contributed by atoms with Gasteiger partial charge in [-0.3, -0.25) is 14.1 Å². The van der Waals surface area contributed by atoms with E-state index in [0.717, 1.165) is 25.3 Å². The average molecular weight is 671 g/mol. The maximum absolute atomic E-state index is 14.1. The molecule has 4 rings (SSSR count). The van der Waals surface area contributed by atoms with Crippen LogP contribution in [0.2, 0.25) is 0 Å². The number of benzene rings is 2. The Kier molecular flexibility index (Phi) is 11.3. The number of anilines is 1. The number of nitrogens with one attached hydrogen (secondary N) is 1.